The minimum absolute atomic E-state index is 0.688. The molecule has 0 amide bonds. The van der Waals surface area contributed by atoms with Crippen LogP contribution in [0, 0.1) is 0 Å². The molecule has 0 spiro atoms. The molecule has 10 rings (SSSR count). The van der Waals surface area contributed by atoms with Gasteiger partial charge in [-0.05, 0) is 88.0 Å². The molecular formula is C51H34N4. The number of benzene rings is 7. The predicted octanol–water partition coefficient (Wildman–Crippen LogP) is 13.0. The van der Waals surface area contributed by atoms with Crippen LogP contribution < -0.4 is 0 Å². The van der Waals surface area contributed by atoms with Gasteiger partial charge in [0, 0.05) is 45.5 Å². The van der Waals surface area contributed by atoms with Gasteiger partial charge < -0.3 is 4.57 Å². The van der Waals surface area contributed by atoms with Crippen LogP contribution in [-0.2, 0) is 0 Å². The zero-order valence-electron chi connectivity index (χ0n) is 29.9. The van der Waals surface area contributed by atoms with Gasteiger partial charge in [0.1, 0.15) is 0 Å². The number of rotatable bonds is 7. The van der Waals surface area contributed by atoms with Gasteiger partial charge in [-0.1, -0.05) is 140 Å². The quantitative estimate of drug-likeness (QED) is 0.166. The molecule has 4 heteroatoms. The van der Waals surface area contributed by atoms with Crippen LogP contribution in [0.1, 0.15) is 0 Å². The molecule has 3 aromatic heterocycles. The van der Waals surface area contributed by atoms with Crippen molar-refractivity contribution in [3.63, 3.8) is 0 Å². The van der Waals surface area contributed by atoms with E-state index in [1.165, 1.54) is 33.0 Å². The molecule has 7 aromatic carbocycles. The van der Waals surface area contributed by atoms with Crippen LogP contribution in [0.4, 0.5) is 0 Å². The Morgan fingerprint density at radius 3 is 1.40 bits per heavy atom. The van der Waals surface area contributed by atoms with E-state index in [4.69, 9.17) is 9.97 Å². The van der Waals surface area contributed by atoms with E-state index in [1.807, 2.05) is 42.7 Å². The van der Waals surface area contributed by atoms with E-state index in [9.17, 15) is 0 Å². The largest absolute Gasteiger partial charge is 0.309 e. The molecule has 0 aliphatic rings. The normalized spacial score (nSPS) is 11.3. The maximum atomic E-state index is 5.14. The van der Waals surface area contributed by atoms with E-state index < -0.39 is 0 Å². The highest BCUT2D eigenvalue weighted by atomic mass is 15.0. The van der Waals surface area contributed by atoms with Crippen molar-refractivity contribution in [2.75, 3.05) is 0 Å². The van der Waals surface area contributed by atoms with E-state index in [2.05, 4.69) is 173 Å². The third-order valence-corrected chi connectivity index (χ3v) is 10.4. The van der Waals surface area contributed by atoms with E-state index >= 15 is 0 Å². The second-order valence-electron chi connectivity index (χ2n) is 13.7. The second kappa shape index (κ2) is 13.8. The van der Waals surface area contributed by atoms with Gasteiger partial charge in [-0.25, -0.2) is 9.97 Å². The van der Waals surface area contributed by atoms with Gasteiger partial charge in [0.25, 0.3) is 0 Å². The molecule has 0 aliphatic carbocycles. The number of pyridine rings is 1. The number of hydrogen-bond donors (Lipinski definition) is 0. The average Bonchev–Trinajstić information content (AvgIpc) is 3.60. The summed E-state index contributed by atoms with van der Waals surface area (Å²) in [6.07, 6.45) is 3.66. The standard InChI is InChI=1S/C51H34N4/c1-4-12-35(13-5-1)40-22-26-49-45(32-40)46-33-41(36-14-6-2-7-15-36)23-27-50(46)55(49)42-24-20-38(21-25-42)47-34-48(54-51(53-47)39-16-8-3-9-17-39)44-19-11-10-18-43(44)37-28-30-52-31-29-37/h1-34H. The minimum Gasteiger partial charge on any atom is -0.309 e. The van der Waals surface area contributed by atoms with Crippen LogP contribution in [0.25, 0.3) is 94.8 Å². The molecule has 10 aromatic rings. The van der Waals surface area contributed by atoms with Crippen LogP contribution >= 0.6 is 0 Å². The Balaban J connectivity index is 1.11. The Morgan fingerprint density at radius 2 is 0.818 bits per heavy atom. The molecule has 0 aliphatic heterocycles. The summed E-state index contributed by atoms with van der Waals surface area (Å²) in [7, 11) is 0. The highest BCUT2D eigenvalue weighted by Gasteiger charge is 2.17. The average molecular weight is 703 g/mol. The van der Waals surface area contributed by atoms with Crippen LogP contribution in [0.5, 0.6) is 0 Å². The molecule has 0 saturated carbocycles. The van der Waals surface area contributed by atoms with Crippen LogP contribution in [0.2, 0.25) is 0 Å². The van der Waals surface area contributed by atoms with Crippen molar-refractivity contribution in [3.05, 3.63) is 207 Å². The Labute approximate surface area is 319 Å². The third kappa shape index (κ3) is 6.06. The maximum absolute atomic E-state index is 5.14. The van der Waals surface area contributed by atoms with Gasteiger partial charge in [-0.3, -0.25) is 4.98 Å². The molecule has 258 valence electrons. The Hall–Kier alpha value is -7.43. The van der Waals surface area contributed by atoms with E-state index in [-0.39, 0.29) is 0 Å². The lowest BCUT2D eigenvalue weighted by Crippen LogP contribution is -1.98. The molecule has 0 fully saturated rings. The highest BCUT2D eigenvalue weighted by Crippen LogP contribution is 2.38. The summed E-state index contributed by atoms with van der Waals surface area (Å²) in [5, 5.41) is 2.44. The molecule has 4 nitrogen and oxygen atoms in total. The summed E-state index contributed by atoms with van der Waals surface area (Å²) in [6.45, 7) is 0. The number of aromatic nitrogens is 4. The highest BCUT2D eigenvalue weighted by molar-refractivity contribution is 6.11. The van der Waals surface area contributed by atoms with Crippen LogP contribution in [0.15, 0.2) is 207 Å². The summed E-state index contributed by atoms with van der Waals surface area (Å²) in [6, 6.07) is 68.5. The summed E-state index contributed by atoms with van der Waals surface area (Å²) in [5.74, 6) is 0.688. The summed E-state index contributed by atoms with van der Waals surface area (Å²) in [5.41, 5.74) is 15.2. The van der Waals surface area contributed by atoms with Gasteiger partial charge >= 0.3 is 0 Å². The van der Waals surface area contributed by atoms with Crippen LogP contribution in [0.3, 0.4) is 0 Å². The molecule has 0 atom stereocenters. The smallest absolute Gasteiger partial charge is 0.160 e. The maximum Gasteiger partial charge on any atom is 0.160 e. The molecule has 3 heterocycles. The fourth-order valence-corrected chi connectivity index (χ4v) is 7.64. The summed E-state index contributed by atoms with van der Waals surface area (Å²) in [4.78, 5) is 14.5. The zero-order valence-corrected chi connectivity index (χ0v) is 29.9. The van der Waals surface area contributed by atoms with Crippen molar-refractivity contribution in [1.29, 1.82) is 0 Å². The van der Waals surface area contributed by atoms with Crippen molar-refractivity contribution in [2.45, 2.75) is 0 Å². The van der Waals surface area contributed by atoms with E-state index in [1.54, 1.807) is 0 Å². The molecule has 0 bridgehead atoms. The third-order valence-electron chi connectivity index (χ3n) is 10.4. The first-order chi connectivity index (χ1) is 27.3. The van der Waals surface area contributed by atoms with E-state index in [0.29, 0.717) is 5.82 Å². The van der Waals surface area contributed by atoms with Crippen molar-refractivity contribution >= 4 is 21.8 Å². The van der Waals surface area contributed by atoms with Crippen molar-refractivity contribution < 1.29 is 0 Å². The van der Waals surface area contributed by atoms with Gasteiger partial charge in [0.05, 0.1) is 22.4 Å². The van der Waals surface area contributed by atoms with Gasteiger partial charge in [0.2, 0.25) is 0 Å². The molecule has 55 heavy (non-hydrogen) atoms. The topological polar surface area (TPSA) is 43.6 Å². The Bertz CT molecular complexity index is 2840. The fourth-order valence-electron chi connectivity index (χ4n) is 7.64. The predicted molar refractivity (Wildman–Crippen MR) is 227 cm³/mol. The second-order valence-corrected chi connectivity index (χ2v) is 13.7. The lowest BCUT2D eigenvalue weighted by Gasteiger charge is -2.13. The summed E-state index contributed by atoms with van der Waals surface area (Å²) < 4.78 is 2.38. The minimum atomic E-state index is 0.688. The SMILES string of the molecule is c1ccc(-c2ccc3c(c2)c2cc(-c4ccccc4)ccc2n3-c2ccc(-c3cc(-c4ccccc4-c4ccncc4)nc(-c4ccccc4)n3)cc2)cc1. The first kappa shape index (κ1) is 32.2. The lowest BCUT2D eigenvalue weighted by molar-refractivity contribution is 1.17. The monoisotopic (exact) mass is 702 g/mol. The molecule has 0 unspecified atom stereocenters. The summed E-state index contributed by atoms with van der Waals surface area (Å²) >= 11 is 0. The van der Waals surface area contributed by atoms with Gasteiger partial charge in [0.15, 0.2) is 5.82 Å². The van der Waals surface area contributed by atoms with Crippen molar-refractivity contribution in [1.82, 2.24) is 19.5 Å². The zero-order chi connectivity index (χ0) is 36.6. The van der Waals surface area contributed by atoms with Gasteiger partial charge in [-0.2, -0.15) is 0 Å². The van der Waals surface area contributed by atoms with Gasteiger partial charge in [-0.15, -0.1) is 0 Å². The molecule has 0 radical (unpaired) electrons. The first-order valence-electron chi connectivity index (χ1n) is 18.5. The lowest BCUT2D eigenvalue weighted by atomic mass is 9.97. The Kier molecular flexibility index (Phi) is 8.12. The van der Waals surface area contributed by atoms with Crippen molar-refractivity contribution in [3.8, 4) is 73.0 Å². The first-order valence-corrected chi connectivity index (χ1v) is 18.5. The number of hydrogen-bond acceptors (Lipinski definition) is 3. The number of nitrogens with zero attached hydrogens (tertiary/aromatic N) is 4. The van der Waals surface area contributed by atoms with Crippen LogP contribution in [-0.4, -0.2) is 19.5 Å². The molecule has 0 saturated heterocycles. The Morgan fingerprint density at radius 1 is 0.327 bits per heavy atom. The molecular weight excluding hydrogens is 669 g/mol. The molecule has 0 N–H and O–H groups in total. The van der Waals surface area contributed by atoms with Crippen molar-refractivity contribution in [2.24, 2.45) is 0 Å². The fraction of sp³-hybridized carbons (Fsp3) is 0. The number of fused-ring (bicyclic) bond motifs is 3. The van der Waals surface area contributed by atoms with E-state index in [0.717, 1.165) is 55.9 Å².